The Morgan fingerprint density at radius 2 is 2.05 bits per heavy atom. The molecule has 0 saturated carbocycles. The molecule has 2 rings (SSSR count). The number of carbonyl (C=O) groups is 1. The molecule has 1 saturated heterocycles. The summed E-state index contributed by atoms with van der Waals surface area (Å²) in [4.78, 5) is 14.4. The maximum atomic E-state index is 12.9. The summed E-state index contributed by atoms with van der Waals surface area (Å²) in [7, 11) is 1.95. The molecule has 0 bridgehead atoms. The van der Waals surface area contributed by atoms with Gasteiger partial charge in [0.05, 0.1) is 12.1 Å². The van der Waals surface area contributed by atoms with Crippen molar-refractivity contribution in [3.8, 4) is 0 Å². The number of rotatable bonds is 4. The first-order chi connectivity index (χ1) is 9.00. The van der Waals surface area contributed by atoms with Crippen molar-refractivity contribution in [2.75, 3.05) is 13.7 Å². The Hall–Kier alpha value is -1.26. The fraction of sp³-hybridized carbons (Fsp3) is 0.533. The van der Waals surface area contributed by atoms with Gasteiger partial charge in [-0.15, -0.1) is 0 Å². The van der Waals surface area contributed by atoms with Crippen LogP contribution < -0.4 is 0 Å². The van der Waals surface area contributed by atoms with Crippen LogP contribution in [-0.4, -0.2) is 42.5 Å². The lowest BCUT2D eigenvalue weighted by Gasteiger charge is -2.31. The summed E-state index contributed by atoms with van der Waals surface area (Å²) >= 11 is 0. The van der Waals surface area contributed by atoms with Gasteiger partial charge in [0.2, 0.25) is 0 Å². The molecule has 0 aromatic heterocycles. The van der Waals surface area contributed by atoms with Gasteiger partial charge in [-0.05, 0) is 51.6 Å². The van der Waals surface area contributed by atoms with Crippen molar-refractivity contribution in [3.05, 3.63) is 35.6 Å². The van der Waals surface area contributed by atoms with Crippen LogP contribution in [0.15, 0.2) is 24.3 Å². The fourth-order valence-electron chi connectivity index (χ4n) is 2.58. The van der Waals surface area contributed by atoms with Crippen LogP contribution in [0.5, 0.6) is 0 Å². The molecule has 0 radical (unpaired) electrons. The third kappa shape index (κ3) is 3.01. The lowest BCUT2D eigenvalue weighted by molar-refractivity contribution is 0.0605. The van der Waals surface area contributed by atoms with Gasteiger partial charge in [0, 0.05) is 18.2 Å². The van der Waals surface area contributed by atoms with Gasteiger partial charge in [0.15, 0.2) is 5.78 Å². The number of nitrogens with zero attached hydrogens (tertiary/aromatic N) is 1. The highest BCUT2D eigenvalue weighted by molar-refractivity contribution is 5.99. The molecule has 1 aliphatic rings. The van der Waals surface area contributed by atoms with Gasteiger partial charge in [-0.25, -0.2) is 4.39 Å². The SMILES string of the molecule is CC1OCCC1N(C)C(C)C(=O)c1ccc(F)cc1. The highest BCUT2D eigenvalue weighted by Gasteiger charge is 2.32. The van der Waals surface area contributed by atoms with Crippen molar-refractivity contribution in [2.45, 2.75) is 38.5 Å². The number of carbonyl (C=O) groups excluding carboxylic acids is 1. The largest absolute Gasteiger partial charge is 0.377 e. The molecule has 3 unspecified atom stereocenters. The molecule has 1 aliphatic heterocycles. The van der Waals surface area contributed by atoms with Crippen LogP contribution in [0.3, 0.4) is 0 Å². The second-order valence-electron chi connectivity index (χ2n) is 5.14. The summed E-state index contributed by atoms with van der Waals surface area (Å²) < 4.78 is 18.4. The Bertz CT molecular complexity index is 446. The third-order valence-corrected chi connectivity index (χ3v) is 3.98. The Morgan fingerprint density at radius 3 is 2.58 bits per heavy atom. The molecule has 0 aliphatic carbocycles. The van der Waals surface area contributed by atoms with E-state index in [1.807, 2.05) is 20.9 Å². The Kier molecular flexibility index (Phi) is 4.32. The highest BCUT2D eigenvalue weighted by atomic mass is 19.1. The molecule has 3 nitrogen and oxygen atoms in total. The van der Waals surface area contributed by atoms with Crippen molar-refractivity contribution in [2.24, 2.45) is 0 Å². The number of likely N-dealkylation sites (N-methyl/N-ethyl adjacent to an activating group) is 1. The van der Waals surface area contributed by atoms with Crippen LogP contribution in [-0.2, 0) is 4.74 Å². The van der Waals surface area contributed by atoms with Crippen molar-refractivity contribution >= 4 is 5.78 Å². The van der Waals surface area contributed by atoms with Crippen LogP contribution in [0.1, 0.15) is 30.6 Å². The number of ether oxygens (including phenoxy) is 1. The number of hydrogen-bond donors (Lipinski definition) is 0. The number of benzene rings is 1. The van der Waals surface area contributed by atoms with Gasteiger partial charge in [-0.1, -0.05) is 0 Å². The number of Topliss-reactive ketones (excluding diaryl/α,β-unsaturated/α-hetero) is 1. The number of halogens is 1. The maximum absolute atomic E-state index is 12.9. The molecule has 19 heavy (non-hydrogen) atoms. The summed E-state index contributed by atoms with van der Waals surface area (Å²) in [5, 5.41) is 0. The van der Waals surface area contributed by atoms with E-state index in [1.165, 1.54) is 24.3 Å². The van der Waals surface area contributed by atoms with E-state index in [4.69, 9.17) is 4.74 Å². The van der Waals surface area contributed by atoms with E-state index in [9.17, 15) is 9.18 Å². The predicted molar refractivity (Wildman–Crippen MR) is 71.8 cm³/mol. The summed E-state index contributed by atoms with van der Waals surface area (Å²) in [6.07, 6.45) is 1.09. The van der Waals surface area contributed by atoms with Crippen LogP contribution in [0, 0.1) is 5.82 Å². The highest BCUT2D eigenvalue weighted by Crippen LogP contribution is 2.21. The molecule has 0 spiro atoms. The maximum Gasteiger partial charge on any atom is 0.179 e. The Labute approximate surface area is 113 Å². The first-order valence-electron chi connectivity index (χ1n) is 6.64. The lowest BCUT2D eigenvalue weighted by atomic mass is 10.0. The van der Waals surface area contributed by atoms with E-state index in [-0.39, 0.29) is 29.8 Å². The molecule has 0 amide bonds. The monoisotopic (exact) mass is 265 g/mol. The molecule has 1 aromatic rings. The van der Waals surface area contributed by atoms with Gasteiger partial charge in [0.1, 0.15) is 5.82 Å². The summed E-state index contributed by atoms with van der Waals surface area (Å²) in [6, 6.07) is 5.74. The zero-order valence-electron chi connectivity index (χ0n) is 11.6. The smallest absolute Gasteiger partial charge is 0.179 e. The first-order valence-corrected chi connectivity index (χ1v) is 6.64. The van der Waals surface area contributed by atoms with Crippen LogP contribution in [0.2, 0.25) is 0 Å². The number of hydrogen-bond acceptors (Lipinski definition) is 3. The summed E-state index contributed by atoms with van der Waals surface area (Å²) in [5.41, 5.74) is 0.548. The minimum absolute atomic E-state index is 0.0154. The van der Waals surface area contributed by atoms with E-state index in [2.05, 4.69) is 4.90 Å². The predicted octanol–water partition coefficient (Wildman–Crippen LogP) is 2.51. The van der Waals surface area contributed by atoms with Gasteiger partial charge < -0.3 is 4.74 Å². The van der Waals surface area contributed by atoms with Crippen LogP contribution >= 0.6 is 0 Å². The minimum atomic E-state index is -0.324. The minimum Gasteiger partial charge on any atom is -0.377 e. The standard InChI is InChI=1S/C15H20FNO2/c1-10(17(3)14-8-9-19-11(14)2)15(18)12-4-6-13(16)7-5-12/h4-7,10-11,14H,8-9H2,1-3H3. The fourth-order valence-corrected chi connectivity index (χ4v) is 2.58. The lowest BCUT2D eigenvalue weighted by Crippen LogP contribution is -2.45. The topological polar surface area (TPSA) is 29.5 Å². The van der Waals surface area contributed by atoms with E-state index in [1.54, 1.807) is 0 Å². The normalized spacial score (nSPS) is 24.7. The van der Waals surface area contributed by atoms with E-state index in [0.717, 1.165) is 13.0 Å². The summed E-state index contributed by atoms with van der Waals surface area (Å²) in [6.45, 7) is 4.66. The van der Waals surface area contributed by atoms with Crippen molar-refractivity contribution in [1.29, 1.82) is 0 Å². The van der Waals surface area contributed by atoms with E-state index in [0.29, 0.717) is 5.56 Å². The average molecular weight is 265 g/mol. The summed E-state index contributed by atoms with van der Waals surface area (Å²) in [5.74, 6) is -0.308. The molecule has 0 N–H and O–H groups in total. The van der Waals surface area contributed by atoms with Gasteiger partial charge >= 0.3 is 0 Å². The molecular weight excluding hydrogens is 245 g/mol. The second kappa shape index (κ2) is 5.80. The Morgan fingerprint density at radius 1 is 1.42 bits per heavy atom. The zero-order valence-corrected chi connectivity index (χ0v) is 11.6. The second-order valence-corrected chi connectivity index (χ2v) is 5.14. The molecule has 104 valence electrons. The molecule has 3 atom stereocenters. The average Bonchev–Trinajstić information content (AvgIpc) is 2.83. The first kappa shape index (κ1) is 14.2. The van der Waals surface area contributed by atoms with E-state index < -0.39 is 0 Å². The molecule has 4 heteroatoms. The van der Waals surface area contributed by atoms with Gasteiger partial charge in [-0.3, -0.25) is 9.69 Å². The van der Waals surface area contributed by atoms with Crippen LogP contribution in [0.25, 0.3) is 0 Å². The van der Waals surface area contributed by atoms with Crippen molar-refractivity contribution < 1.29 is 13.9 Å². The zero-order chi connectivity index (χ0) is 14.0. The van der Waals surface area contributed by atoms with Gasteiger partial charge in [0.25, 0.3) is 0 Å². The quantitative estimate of drug-likeness (QED) is 0.783. The van der Waals surface area contributed by atoms with Gasteiger partial charge in [-0.2, -0.15) is 0 Å². The van der Waals surface area contributed by atoms with Crippen molar-refractivity contribution in [1.82, 2.24) is 4.90 Å². The molecule has 1 fully saturated rings. The van der Waals surface area contributed by atoms with E-state index >= 15 is 0 Å². The van der Waals surface area contributed by atoms with Crippen molar-refractivity contribution in [3.63, 3.8) is 0 Å². The van der Waals surface area contributed by atoms with Crippen LogP contribution in [0.4, 0.5) is 4.39 Å². The molecular formula is C15H20FNO2. The Balaban J connectivity index is 2.08. The third-order valence-electron chi connectivity index (χ3n) is 3.98. The molecule has 1 heterocycles. The number of ketones is 1. The molecule has 1 aromatic carbocycles.